The molecule has 2 aliphatic heterocycles. The van der Waals surface area contributed by atoms with Crippen molar-refractivity contribution in [3.63, 3.8) is 0 Å². The zero-order valence-electron chi connectivity index (χ0n) is 16.0. The first-order valence-corrected chi connectivity index (χ1v) is 11.2. The molecule has 9 atom stereocenters. The Morgan fingerprint density at radius 3 is 2.14 bits per heavy atom. The third kappa shape index (κ3) is 2.82. The largest absolute Gasteiger partial charge is 0.458 e. The van der Waals surface area contributed by atoms with Gasteiger partial charge in [-0.3, -0.25) is 4.79 Å². The number of carbonyl (C=O) groups is 1. The van der Waals surface area contributed by atoms with Crippen molar-refractivity contribution in [3.05, 3.63) is 0 Å². The van der Waals surface area contributed by atoms with Gasteiger partial charge in [-0.15, -0.1) is 0 Å². The van der Waals surface area contributed by atoms with Crippen molar-refractivity contribution in [2.24, 2.45) is 28.7 Å². The quantitative estimate of drug-likeness (QED) is 0.394. The summed E-state index contributed by atoms with van der Waals surface area (Å²) in [4.78, 5) is 17.3. The minimum atomic E-state index is -0.512. The lowest BCUT2D eigenvalue weighted by Crippen LogP contribution is -2.66. The van der Waals surface area contributed by atoms with Gasteiger partial charge in [0.1, 0.15) is 5.60 Å². The number of aliphatic hydroxyl groups is 2. The van der Waals surface area contributed by atoms with E-state index in [-0.39, 0.29) is 60.1 Å². The summed E-state index contributed by atoms with van der Waals surface area (Å²) in [6.45, 7) is 0. The van der Waals surface area contributed by atoms with E-state index < -0.39 is 5.60 Å². The highest BCUT2D eigenvalue weighted by molar-refractivity contribution is 7.78. The van der Waals surface area contributed by atoms with Gasteiger partial charge in [0.2, 0.25) is 0 Å². The summed E-state index contributed by atoms with van der Waals surface area (Å²) in [6, 6.07) is 0.0641. The van der Waals surface area contributed by atoms with E-state index in [0.29, 0.717) is 19.3 Å². The summed E-state index contributed by atoms with van der Waals surface area (Å²) >= 11 is 4.78. The summed E-state index contributed by atoms with van der Waals surface area (Å²) in [5, 5.41) is 23.0. The fraction of sp³-hybridized carbons (Fsp3) is 0.905. The second-order valence-corrected chi connectivity index (χ2v) is 9.72. The number of esters is 1. The average Bonchev–Trinajstić information content (AvgIpc) is 2.94. The van der Waals surface area contributed by atoms with Crippen LogP contribution < -0.4 is 0 Å². The highest BCUT2D eigenvalue weighted by atomic mass is 32.1. The van der Waals surface area contributed by atoms with Crippen molar-refractivity contribution in [1.82, 2.24) is 0 Å². The molecule has 5 fully saturated rings. The molecule has 0 aromatic carbocycles. The summed E-state index contributed by atoms with van der Waals surface area (Å²) in [5.74, 6) is 0.217. The molecule has 3 aliphatic carbocycles. The number of rotatable bonds is 1. The number of hydrogen-bond acceptors (Lipinski definition) is 7. The van der Waals surface area contributed by atoms with Crippen LogP contribution in [0, 0.1) is 23.7 Å². The summed E-state index contributed by atoms with van der Waals surface area (Å²) in [6.07, 6.45) is 5.91. The van der Waals surface area contributed by atoms with Gasteiger partial charge < -0.3 is 19.7 Å². The molecule has 2 heterocycles. The van der Waals surface area contributed by atoms with Crippen molar-refractivity contribution in [3.8, 4) is 0 Å². The molecule has 0 amide bonds. The maximum atomic E-state index is 13.1. The predicted octanol–water partition coefficient (Wildman–Crippen LogP) is 2.26. The lowest BCUT2D eigenvalue weighted by Gasteiger charge is -2.59. The van der Waals surface area contributed by atoms with Gasteiger partial charge in [-0.25, -0.2) is 4.99 Å². The first kappa shape index (κ1) is 19.1. The van der Waals surface area contributed by atoms with Gasteiger partial charge in [0, 0.05) is 17.8 Å². The smallest absolute Gasteiger partial charge is 0.310 e. The number of aliphatic imine (C=N–C) groups is 1. The van der Waals surface area contributed by atoms with E-state index >= 15 is 0 Å². The SMILES string of the molecule is O=C1OC2(C3CCC(O)CC3OC3CC(O)CCC32)C2CCC(N=C=S)CC12. The molecular weight excluding hydrogens is 378 g/mol. The summed E-state index contributed by atoms with van der Waals surface area (Å²) in [7, 11) is 0. The molecule has 5 aliphatic rings. The Kier molecular flexibility index (Phi) is 4.88. The maximum Gasteiger partial charge on any atom is 0.310 e. The molecule has 1 spiro atoms. The second kappa shape index (κ2) is 7.13. The third-order valence-corrected chi connectivity index (χ3v) is 8.36. The number of thiocarbonyl (C=S) groups is 1. The Morgan fingerprint density at radius 2 is 1.54 bits per heavy atom. The monoisotopic (exact) mass is 407 g/mol. The van der Waals surface area contributed by atoms with Gasteiger partial charge in [0.05, 0.1) is 41.5 Å². The van der Waals surface area contributed by atoms with Crippen molar-refractivity contribution in [2.75, 3.05) is 0 Å². The van der Waals surface area contributed by atoms with Gasteiger partial charge >= 0.3 is 5.97 Å². The number of isothiocyanates is 1. The van der Waals surface area contributed by atoms with E-state index in [9.17, 15) is 15.0 Å². The minimum Gasteiger partial charge on any atom is -0.458 e. The second-order valence-electron chi connectivity index (χ2n) is 9.53. The van der Waals surface area contributed by atoms with Crippen molar-refractivity contribution >= 4 is 23.3 Å². The van der Waals surface area contributed by atoms with E-state index in [1.165, 1.54) is 0 Å². The van der Waals surface area contributed by atoms with Gasteiger partial charge in [0.25, 0.3) is 0 Å². The molecule has 154 valence electrons. The van der Waals surface area contributed by atoms with Crippen LogP contribution in [-0.4, -0.2) is 57.4 Å². The Labute approximate surface area is 170 Å². The van der Waals surface area contributed by atoms with E-state index in [2.05, 4.69) is 10.2 Å². The minimum absolute atomic E-state index is 0.0641. The van der Waals surface area contributed by atoms with Crippen LogP contribution in [0.25, 0.3) is 0 Å². The van der Waals surface area contributed by atoms with Crippen LogP contribution >= 0.6 is 12.2 Å². The Morgan fingerprint density at radius 1 is 0.929 bits per heavy atom. The highest BCUT2D eigenvalue weighted by Gasteiger charge is 2.69. The molecule has 28 heavy (non-hydrogen) atoms. The highest BCUT2D eigenvalue weighted by Crippen LogP contribution is 2.61. The van der Waals surface area contributed by atoms with Crippen molar-refractivity contribution < 1.29 is 24.5 Å². The fourth-order valence-corrected chi connectivity index (χ4v) is 7.37. The van der Waals surface area contributed by atoms with E-state index in [4.69, 9.17) is 21.7 Å². The number of carbonyl (C=O) groups excluding carboxylic acids is 1. The molecule has 0 aromatic heterocycles. The van der Waals surface area contributed by atoms with E-state index in [1.807, 2.05) is 0 Å². The standard InChI is InChI=1S/C21H29NO5S/c23-12-2-5-16-18(8-12)26-19-9-13(24)3-6-17(19)21(16)15-4-1-11(22-10-28)7-14(15)20(25)27-21/h11-19,23-24H,1-9H2. The van der Waals surface area contributed by atoms with Crippen LogP contribution in [0.15, 0.2) is 4.99 Å². The van der Waals surface area contributed by atoms with Crippen LogP contribution in [-0.2, 0) is 14.3 Å². The first-order valence-electron chi connectivity index (χ1n) is 10.8. The summed E-state index contributed by atoms with van der Waals surface area (Å²) in [5.41, 5.74) is -0.512. The molecule has 0 aromatic rings. The molecule has 3 saturated carbocycles. The van der Waals surface area contributed by atoms with Gasteiger partial charge in [-0.2, -0.15) is 0 Å². The maximum absolute atomic E-state index is 13.1. The molecule has 7 heteroatoms. The van der Waals surface area contributed by atoms with Crippen LogP contribution in [0.1, 0.15) is 57.8 Å². The van der Waals surface area contributed by atoms with E-state index in [1.54, 1.807) is 0 Å². The Bertz CT molecular complexity index is 668. The molecule has 9 unspecified atom stereocenters. The van der Waals surface area contributed by atoms with Crippen LogP contribution in [0.5, 0.6) is 0 Å². The van der Waals surface area contributed by atoms with Gasteiger partial charge in [-0.1, -0.05) is 0 Å². The zero-order chi connectivity index (χ0) is 19.5. The molecule has 0 radical (unpaired) electrons. The van der Waals surface area contributed by atoms with Crippen LogP contribution in [0.2, 0.25) is 0 Å². The number of nitrogens with zero attached hydrogens (tertiary/aromatic N) is 1. The van der Waals surface area contributed by atoms with Crippen molar-refractivity contribution in [1.29, 1.82) is 0 Å². The third-order valence-electron chi connectivity index (χ3n) is 8.25. The number of aliphatic hydroxyl groups excluding tert-OH is 2. The molecular formula is C21H29NO5S. The number of hydrogen-bond donors (Lipinski definition) is 2. The zero-order valence-corrected chi connectivity index (χ0v) is 16.9. The van der Waals surface area contributed by atoms with Crippen LogP contribution in [0.3, 0.4) is 0 Å². The molecule has 0 bridgehead atoms. The van der Waals surface area contributed by atoms with Crippen molar-refractivity contribution in [2.45, 2.75) is 93.8 Å². The van der Waals surface area contributed by atoms with E-state index in [0.717, 1.165) is 38.5 Å². The number of fused-ring (bicyclic) bond motifs is 6. The molecule has 6 nitrogen and oxygen atoms in total. The fourth-order valence-electron chi connectivity index (χ4n) is 7.22. The molecule has 5 rings (SSSR count). The Hall–Kier alpha value is -0.850. The van der Waals surface area contributed by atoms with Gasteiger partial charge in [-0.05, 0) is 70.0 Å². The predicted molar refractivity (Wildman–Crippen MR) is 104 cm³/mol. The Balaban J connectivity index is 1.53. The lowest BCUT2D eigenvalue weighted by atomic mass is 9.54. The normalized spacial score (nSPS) is 52.8. The lowest BCUT2D eigenvalue weighted by molar-refractivity contribution is -0.268. The summed E-state index contributed by atoms with van der Waals surface area (Å²) < 4.78 is 12.8. The molecule has 2 saturated heterocycles. The average molecular weight is 408 g/mol. The van der Waals surface area contributed by atoms with Gasteiger partial charge in [0.15, 0.2) is 0 Å². The number of ether oxygens (including phenoxy) is 2. The first-order chi connectivity index (χ1) is 13.5. The molecule has 2 N–H and O–H groups in total. The van der Waals surface area contributed by atoms with Crippen LogP contribution in [0.4, 0.5) is 0 Å². The topological polar surface area (TPSA) is 88.4 Å².